The predicted molar refractivity (Wildman–Crippen MR) is 256 cm³/mol. The van der Waals surface area contributed by atoms with Crippen molar-refractivity contribution in [3.8, 4) is 0 Å². The van der Waals surface area contributed by atoms with Crippen LogP contribution in [0.3, 0.4) is 0 Å². The van der Waals surface area contributed by atoms with Gasteiger partial charge in [-0.25, -0.2) is 0 Å². The first-order chi connectivity index (χ1) is 25.3. The van der Waals surface area contributed by atoms with Crippen LogP contribution < -0.4 is 4.48 Å². The lowest BCUT2D eigenvalue weighted by molar-refractivity contribution is 0.518. The van der Waals surface area contributed by atoms with Crippen LogP contribution in [0, 0.1) is 0 Å². The second-order valence-electron chi connectivity index (χ2n) is 25.6. The summed E-state index contributed by atoms with van der Waals surface area (Å²) in [5.74, 6) is 0. The molecule has 0 aromatic heterocycles. The molecule has 0 amide bonds. The third-order valence-corrected chi connectivity index (χ3v) is 12.1. The van der Waals surface area contributed by atoms with Crippen molar-refractivity contribution in [2.75, 3.05) is 0 Å². The van der Waals surface area contributed by atoms with E-state index in [0.29, 0.717) is 4.48 Å². The van der Waals surface area contributed by atoms with Gasteiger partial charge in [0.25, 0.3) is 0 Å². The topological polar surface area (TPSA) is 0 Å². The molecule has 0 unspecified atom stereocenters. The van der Waals surface area contributed by atoms with Crippen LogP contribution >= 0.6 is 0 Å². The largest absolute Gasteiger partial charge is 0.193 e. The van der Waals surface area contributed by atoms with Crippen molar-refractivity contribution in [3.63, 3.8) is 0 Å². The summed E-state index contributed by atoms with van der Waals surface area (Å²) in [6.07, 6.45) is 0. The van der Waals surface area contributed by atoms with Gasteiger partial charge in [-0.1, -0.05) is 190 Å². The number of quaternary nitrogens is 1. The highest BCUT2D eigenvalue weighted by Gasteiger charge is 2.50. The quantitative estimate of drug-likeness (QED) is 0.181. The van der Waals surface area contributed by atoms with Gasteiger partial charge in [0.1, 0.15) is 0 Å². The Labute approximate surface area is 352 Å². The SMILES string of the molecule is CC(C)(C)c1ccc([N+](c2ccc(C(C)(C)C)cc2C(C)(C)C)(c2ccc(C(C)(C)C)cc2C(C)(C)C)c2ccc(C(C)(C)C)cc2C(C)(C)C)c(C(C)(C)C)c1. The van der Waals surface area contributed by atoms with Crippen LogP contribution in [0.25, 0.3) is 0 Å². The van der Waals surface area contributed by atoms with Crippen molar-refractivity contribution in [2.45, 2.75) is 209 Å². The maximum Gasteiger partial charge on any atom is 0.151 e. The maximum atomic E-state index is 2.56. The first kappa shape index (κ1) is 46.5. The van der Waals surface area contributed by atoms with Crippen molar-refractivity contribution < 1.29 is 0 Å². The summed E-state index contributed by atoms with van der Waals surface area (Å²) >= 11 is 0. The summed E-state index contributed by atoms with van der Waals surface area (Å²) in [6.45, 7) is 57.2. The molecule has 0 atom stereocenters. The molecule has 0 saturated carbocycles. The zero-order chi connectivity index (χ0) is 43.9. The number of hydrogen-bond acceptors (Lipinski definition) is 0. The summed E-state index contributed by atoms with van der Waals surface area (Å²) in [7, 11) is 0. The van der Waals surface area contributed by atoms with E-state index in [4.69, 9.17) is 0 Å². The minimum absolute atomic E-state index is 0.00499. The van der Waals surface area contributed by atoms with Gasteiger partial charge < -0.3 is 0 Å². The van der Waals surface area contributed by atoms with Gasteiger partial charge in [-0.3, -0.25) is 0 Å². The van der Waals surface area contributed by atoms with Gasteiger partial charge in [0.05, 0.1) is 0 Å². The van der Waals surface area contributed by atoms with Crippen LogP contribution in [0.4, 0.5) is 22.7 Å². The Hall–Kier alpha value is -3.16. The normalized spacial score (nSPS) is 14.3. The Kier molecular flexibility index (Phi) is 11.9. The molecule has 0 radical (unpaired) electrons. The van der Waals surface area contributed by atoms with Gasteiger partial charge in [0.2, 0.25) is 0 Å². The number of rotatable bonds is 4. The van der Waals surface area contributed by atoms with Crippen molar-refractivity contribution in [1.82, 2.24) is 4.48 Å². The molecule has 0 saturated heterocycles. The van der Waals surface area contributed by atoms with Gasteiger partial charge in [-0.2, -0.15) is 4.48 Å². The molecule has 0 aliphatic heterocycles. The smallest absolute Gasteiger partial charge is 0.151 e. The third kappa shape index (κ3) is 9.35. The second kappa shape index (κ2) is 14.5. The van der Waals surface area contributed by atoms with Crippen LogP contribution in [0.5, 0.6) is 0 Å². The third-order valence-electron chi connectivity index (χ3n) is 12.1. The van der Waals surface area contributed by atoms with Crippen molar-refractivity contribution >= 4 is 22.7 Å². The van der Waals surface area contributed by atoms with E-state index in [0.717, 1.165) is 0 Å². The lowest BCUT2D eigenvalue weighted by Gasteiger charge is -2.46. The number of benzene rings is 4. The summed E-state index contributed by atoms with van der Waals surface area (Å²) < 4.78 is 0.488. The molecule has 4 aromatic rings. The minimum atomic E-state index is -0.159. The molecule has 0 aliphatic rings. The van der Waals surface area contributed by atoms with E-state index < -0.39 is 0 Å². The molecule has 1 heteroatoms. The minimum Gasteiger partial charge on any atom is -0.193 e. The fraction of sp³-hybridized carbons (Fsp3) is 0.571. The van der Waals surface area contributed by atoms with Crippen molar-refractivity contribution in [3.05, 3.63) is 117 Å². The van der Waals surface area contributed by atoms with Crippen molar-refractivity contribution in [2.24, 2.45) is 0 Å². The molecule has 1 nitrogen and oxygen atoms in total. The summed E-state index contributed by atoms with van der Waals surface area (Å²) in [5.41, 5.74) is 15.7. The Bertz CT molecular complexity index is 1770. The first-order valence-electron chi connectivity index (χ1n) is 21.8. The average Bonchev–Trinajstić information content (AvgIpc) is 3.01. The number of nitrogens with zero attached hydrogens (tertiary/aromatic N) is 1. The van der Waals surface area contributed by atoms with Gasteiger partial charge in [-0.15, -0.1) is 0 Å². The van der Waals surface area contributed by atoms with E-state index >= 15 is 0 Å². The van der Waals surface area contributed by atoms with Gasteiger partial charge in [-0.05, 0) is 89.8 Å². The zero-order valence-electron chi connectivity index (χ0n) is 41.4. The monoisotopic (exact) mass is 771 g/mol. The second-order valence-corrected chi connectivity index (χ2v) is 25.6. The van der Waals surface area contributed by atoms with Gasteiger partial charge >= 0.3 is 0 Å². The summed E-state index contributed by atoms with van der Waals surface area (Å²) in [4.78, 5) is 0. The van der Waals surface area contributed by atoms with E-state index in [1.54, 1.807) is 0 Å². The molecule has 4 rings (SSSR count). The average molecular weight is 771 g/mol. The molecule has 312 valence electrons. The summed E-state index contributed by atoms with van der Waals surface area (Å²) in [5, 5.41) is 0. The molecule has 0 aliphatic carbocycles. The molecule has 0 spiro atoms. The van der Waals surface area contributed by atoms with Gasteiger partial charge in [0, 0.05) is 46.5 Å². The lowest BCUT2D eigenvalue weighted by atomic mass is 9.74. The van der Waals surface area contributed by atoms with Crippen LogP contribution in [0.15, 0.2) is 72.8 Å². The van der Waals surface area contributed by atoms with E-state index in [1.807, 2.05) is 0 Å². The number of hydrogen-bond donors (Lipinski definition) is 0. The summed E-state index contributed by atoms with van der Waals surface area (Å²) in [6, 6.07) is 30.1. The standard InChI is InChI=1S/C56H84N/c1-49(2,3)37-25-29-45(41(33-37)53(13,14)15)57(46-30-26-38(50(4,5)6)34-42(46)54(16,17)18,47-31-27-39(51(7,8)9)35-43(47)55(19,20)21)48-32-28-40(52(10,11)12)36-44(48)56(22,23)24/h25-36H,1-24H3/q+1. The van der Waals surface area contributed by atoms with E-state index in [-0.39, 0.29) is 43.3 Å². The molecule has 0 N–H and O–H groups in total. The highest BCUT2D eigenvalue weighted by molar-refractivity contribution is 5.89. The molecule has 0 bridgehead atoms. The van der Waals surface area contributed by atoms with Crippen molar-refractivity contribution in [1.29, 1.82) is 0 Å². The highest BCUT2D eigenvalue weighted by atomic mass is 15.4. The predicted octanol–water partition coefficient (Wildman–Crippen LogP) is 17.4. The molecular weight excluding hydrogens is 687 g/mol. The molecule has 0 fully saturated rings. The Balaban J connectivity index is 2.63. The fourth-order valence-electron chi connectivity index (χ4n) is 8.36. The molecule has 57 heavy (non-hydrogen) atoms. The molecular formula is C56H84N+. The van der Waals surface area contributed by atoms with Crippen LogP contribution in [-0.2, 0) is 43.3 Å². The molecule has 0 heterocycles. The van der Waals surface area contributed by atoms with E-state index in [2.05, 4.69) is 239 Å². The molecule has 4 aromatic carbocycles. The van der Waals surface area contributed by atoms with Crippen LogP contribution in [0.2, 0.25) is 0 Å². The zero-order valence-corrected chi connectivity index (χ0v) is 41.4. The Morgan fingerprint density at radius 2 is 0.386 bits per heavy atom. The maximum absolute atomic E-state index is 2.56. The van der Waals surface area contributed by atoms with Crippen LogP contribution in [-0.4, -0.2) is 0 Å². The van der Waals surface area contributed by atoms with E-state index in [1.165, 1.54) is 67.3 Å². The Morgan fingerprint density at radius 3 is 0.509 bits per heavy atom. The van der Waals surface area contributed by atoms with E-state index in [9.17, 15) is 0 Å². The fourth-order valence-corrected chi connectivity index (χ4v) is 8.36. The van der Waals surface area contributed by atoms with Gasteiger partial charge in [0.15, 0.2) is 22.7 Å². The van der Waals surface area contributed by atoms with Crippen LogP contribution in [0.1, 0.15) is 211 Å². The first-order valence-corrected chi connectivity index (χ1v) is 21.8. The Morgan fingerprint density at radius 1 is 0.228 bits per heavy atom. The lowest BCUT2D eigenvalue weighted by Crippen LogP contribution is -2.41. The highest BCUT2D eigenvalue weighted by Crippen LogP contribution is 2.61.